The first-order valence-corrected chi connectivity index (χ1v) is 7.38. The van der Waals surface area contributed by atoms with Crippen molar-refractivity contribution in [3.8, 4) is 0 Å². The predicted molar refractivity (Wildman–Crippen MR) is 79.3 cm³/mol. The maximum Gasteiger partial charge on any atom is 0.225 e. The SMILES string of the molecule is O=C1CC[C@@]2(c3ccccc3)OC[C@@H](c3ccccc3)N12. The van der Waals surface area contributed by atoms with E-state index in [0.717, 1.165) is 17.5 Å². The van der Waals surface area contributed by atoms with Gasteiger partial charge in [-0.15, -0.1) is 0 Å². The van der Waals surface area contributed by atoms with Crippen molar-refractivity contribution in [2.45, 2.75) is 24.6 Å². The van der Waals surface area contributed by atoms with Crippen LogP contribution >= 0.6 is 0 Å². The maximum absolute atomic E-state index is 12.5. The minimum Gasteiger partial charge on any atom is -0.349 e. The second kappa shape index (κ2) is 4.71. The average Bonchev–Trinajstić information content (AvgIpc) is 3.09. The Labute approximate surface area is 124 Å². The van der Waals surface area contributed by atoms with Gasteiger partial charge in [-0.3, -0.25) is 4.79 Å². The molecule has 0 N–H and O–H groups in total. The van der Waals surface area contributed by atoms with E-state index in [0.29, 0.717) is 13.0 Å². The molecule has 0 radical (unpaired) electrons. The fourth-order valence-corrected chi connectivity index (χ4v) is 3.56. The van der Waals surface area contributed by atoms with Gasteiger partial charge in [0, 0.05) is 18.4 Å². The van der Waals surface area contributed by atoms with E-state index in [2.05, 4.69) is 24.3 Å². The number of ether oxygens (including phenoxy) is 1. The summed E-state index contributed by atoms with van der Waals surface area (Å²) in [6, 6.07) is 20.3. The van der Waals surface area contributed by atoms with E-state index in [-0.39, 0.29) is 11.9 Å². The quantitative estimate of drug-likeness (QED) is 0.844. The molecule has 2 heterocycles. The van der Waals surface area contributed by atoms with E-state index in [1.165, 1.54) is 0 Å². The Kier molecular flexibility index (Phi) is 2.82. The third-order valence-corrected chi connectivity index (χ3v) is 4.54. The minimum absolute atomic E-state index is 0.0152. The van der Waals surface area contributed by atoms with Gasteiger partial charge in [0.25, 0.3) is 0 Å². The summed E-state index contributed by atoms with van der Waals surface area (Å²) in [4.78, 5) is 14.4. The van der Waals surface area contributed by atoms with Crippen molar-refractivity contribution in [3.63, 3.8) is 0 Å². The standard InChI is InChI=1S/C18H17NO2/c20-17-11-12-18(15-9-5-2-6-10-15)19(17)16(13-21-18)14-7-3-1-4-8-14/h1-10,16H,11-13H2/t16-,18-/m0/s1. The predicted octanol–water partition coefficient (Wildman–Crippen LogP) is 3.23. The van der Waals surface area contributed by atoms with Gasteiger partial charge in [0.2, 0.25) is 5.91 Å². The number of amides is 1. The van der Waals surface area contributed by atoms with Crippen LogP contribution in [-0.4, -0.2) is 17.4 Å². The summed E-state index contributed by atoms with van der Waals surface area (Å²) < 4.78 is 6.19. The van der Waals surface area contributed by atoms with Crippen LogP contribution in [0.3, 0.4) is 0 Å². The smallest absolute Gasteiger partial charge is 0.225 e. The van der Waals surface area contributed by atoms with Crippen LogP contribution in [0.15, 0.2) is 60.7 Å². The van der Waals surface area contributed by atoms with Gasteiger partial charge >= 0.3 is 0 Å². The van der Waals surface area contributed by atoms with E-state index in [1.807, 2.05) is 41.3 Å². The molecule has 4 rings (SSSR count). The normalized spacial score (nSPS) is 27.9. The van der Waals surface area contributed by atoms with Crippen molar-refractivity contribution in [2.75, 3.05) is 6.61 Å². The summed E-state index contributed by atoms with van der Waals surface area (Å²) in [5, 5.41) is 0. The third kappa shape index (κ3) is 1.81. The maximum atomic E-state index is 12.5. The monoisotopic (exact) mass is 279 g/mol. The van der Waals surface area contributed by atoms with Crippen molar-refractivity contribution < 1.29 is 9.53 Å². The summed E-state index contributed by atoms with van der Waals surface area (Å²) in [6.45, 7) is 0.560. The number of nitrogens with zero attached hydrogens (tertiary/aromatic N) is 1. The second-order valence-corrected chi connectivity index (χ2v) is 5.65. The lowest BCUT2D eigenvalue weighted by Gasteiger charge is -2.33. The fraction of sp³-hybridized carbons (Fsp3) is 0.278. The number of rotatable bonds is 2. The number of hydrogen-bond donors (Lipinski definition) is 0. The first-order valence-electron chi connectivity index (χ1n) is 7.38. The van der Waals surface area contributed by atoms with E-state index < -0.39 is 5.72 Å². The van der Waals surface area contributed by atoms with Crippen LogP contribution < -0.4 is 0 Å². The molecule has 2 fully saturated rings. The molecule has 0 saturated carbocycles. The van der Waals surface area contributed by atoms with Crippen molar-refractivity contribution >= 4 is 5.91 Å². The van der Waals surface area contributed by atoms with Crippen LogP contribution in [-0.2, 0) is 15.3 Å². The van der Waals surface area contributed by atoms with Gasteiger partial charge in [-0.2, -0.15) is 0 Å². The number of hydrogen-bond acceptors (Lipinski definition) is 2. The highest BCUT2D eigenvalue weighted by molar-refractivity contribution is 5.80. The molecule has 0 bridgehead atoms. The van der Waals surface area contributed by atoms with Gasteiger partial charge in [-0.25, -0.2) is 0 Å². The molecule has 0 aromatic heterocycles. The Morgan fingerprint density at radius 1 is 1.00 bits per heavy atom. The number of carbonyl (C=O) groups excluding carboxylic acids is 1. The molecular formula is C18H17NO2. The molecule has 2 aromatic carbocycles. The summed E-state index contributed by atoms with van der Waals surface area (Å²) in [5.74, 6) is 0.185. The van der Waals surface area contributed by atoms with E-state index in [1.54, 1.807) is 0 Å². The zero-order valence-electron chi connectivity index (χ0n) is 11.7. The van der Waals surface area contributed by atoms with Crippen LogP contribution in [0.5, 0.6) is 0 Å². The van der Waals surface area contributed by atoms with Crippen LogP contribution in [0, 0.1) is 0 Å². The largest absolute Gasteiger partial charge is 0.349 e. The van der Waals surface area contributed by atoms with E-state index in [4.69, 9.17) is 4.74 Å². The number of carbonyl (C=O) groups is 1. The molecule has 2 aliphatic rings. The molecule has 106 valence electrons. The molecule has 2 aliphatic heterocycles. The molecule has 1 amide bonds. The zero-order chi connectivity index (χ0) is 14.3. The van der Waals surface area contributed by atoms with Crippen LogP contribution in [0.2, 0.25) is 0 Å². The Bertz CT molecular complexity index is 655. The lowest BCUT2D eigenvalue weighted by atomic mass is 9.99. The van der Waals surface area contributed by atoms with Crippen molar-refractivity contribution in [1.29, 1.82) is 0 Å². The third-order valence-electron chi connectivity index (χ3n) is 4.54. The van der Waals surface area contributed by atoms with E-state index in [9.17, 15) is 4.79 Å². The average molecular weight is 279 g/mol. The molecule has 21 heavy (non-hydrogen) atoms. The van der Waals surface area contributed by atoms with Crippen LogP contribution in [0.1, 0.15) is 30.0 Å². The highest BCUT2D eigenvalue weighted by Crippen LogP contribution is 2.50. The summed E-state index contributed by atoms with van der Waals surface area (Å²) in [7, 11) is 0. The fourth-order valence-electron chi connectivity index (χ4n) is 3.56. The number of fused-ring (bicyclic) bond motifs is 1. The Balaban J connectivity index is 1.78. The molecular weight excluding hydrogens is 262 g/mol. The lowest BCUT2D eigenvalue weighted by Crippen LogP contribution is -2.40. The van der Waals surface area contributed by atoms with Crippen LogP contribution in [0.4, 0.5) is 0 Å². The van der Waals surface area contributed by atoms with Gasteiger partial charge in [-0.1, -0.05) is 60.7 Å². The first kappa shape index (κ1) is 12.6. The first-order chi connectivity index (χ1) is 10.3. The molecule has 0 unspecified atom stereocenters. The van der Waals surface area contributed by atoms with Crippen molar-refractivity contribution in [3.05, 3.63) is 71.8 Å². The Morgan fingerprint density at radius 3 is 2.38 bits per heavy atom. The molecule has 0 aliphatic carbocycles. The van der Waals surface area contributed by atoms with Crippen LogP contribution in [0.25, 0.3) is 0 Å². The zero-order valence-corrected chi connectivity index (χ0v) is 11.7. The topological polar surface area (TPSA) is 29.5 Å². The summed E-state index contributed by atoms with van der Waals surface area (Å²) in [5.41, 5.74) is 1.65. The van der Waals surface area contributed by atoms with Gasteiger partial charge in [0.15, 0.2) is 5.72 Å². The van der Waals surface area contributed by atoms with Gasteiger partial charge in [0.05, 0.1) is 12.6 Å². The Hall–Kier alpha value is -2.13. The molecule has 2 saturated heterocycles. The molecule has 0 spiro atoms. The van der Waals surface area contributed by atoms with Gasteiger partial charge in [-0.05, 0) is 5.56 Å². The number of benzene rings is 2. The molecule has 2 atom stereocenters. The summed E-state index contributed by atoms with van der Waals surface area (Å²) >= 11 is 0. The Morgan fingerprint density at radius 2 is 1.67 bits per heavy atom. The highest BCUT2D eigenvalue weighted by Gasteiger charge is 2.55. The van der Waals surface area contributed by atoms with Gasteiger partial charge in [0.1, 0.15) is 0 Å². The molecule has 2 aromatic rings. The van der Waals surface area contributed by atoms with Crippen molar-refractivity contribution in [1.82, 2.24) is 4.90 Å². The molecule has 3 heteroatoms. The highest BCUT2D eigenvalue weighted by atomic mass is 16.5. The van der Waals surface area contributed by atoms with Gasteiger partial charge < -0.3 is 9.64 Å². The summed E-state index contributed by atoms with van der Waals surface area (Å²) in [6.07, 6.45) is 1.29. The molecule has 3 nitrogen and oxygen atoms in total. The van der Waals surface area contributed by atoms with E-state index >= 15 is 0 Å². The van der Waals surface area contributed by atoms with Crippen molar-refractivity contribution in [2.24, 2.45) is 0 Å². The second-order valence-electron chi connectivity index (χ2n) is 5.65. The minimum atomic E-state index is -0.571. The lowest BCUT2D eigenvalue weighted by molar-refractivity contribution is -0.139.